The summed E-state index contributed by atoms with van der Waals surface area (Å²) in [7, 11) is -3.85. The van der Waals surface area contributed by atoms with Gasteiger partial charge in [0, 0.05) is 4.47 Å². The van der Waals surface area contributed by atoms with Gasteiger partial charge in [-0.05, 0) is 36.4 Å². The van der Waals surface area contributed by atoms with Crippen LogP contribution in [-0.4, -0.2) is 18.9 Å². The van der Waals surface area contributed by atoms with Crippen LogP contribution in [0.2, 0.25) is 5.02 Å². The van der Waals surface area contributed by atoms with Crippen LogP contribution in [0.4, 0.5) is 0 Å². The molecule has 3 aromatic rings. The van der Waals surface area contributed by atoms with E-state index >= 15 is 0 Å². The number of terminal acetylenes is 1. The summed E-state index contributed by atoms with van der Waals surface area (Å²) < 4.78 is 26.1. The van der Waals surface area contributed by atoms with Gasteiger partial charge >= 0.3 is 0 Å². The maximum Gasteiger partial charge on any atom is 0.281 e. The number of rotatable bonds is 3. The lowest BCUT2D eigenvalue weighted by molar-refractivity contribution is 0.0998. The van der Waals surface area contributed by atoms with Crippen LogP contribution in [0, 0.1) is 12.3 Å². The minimum Gasteiger partial charge on any atom is -0.305 e. The van der Waals surface area contributed by atoms with Crippen molar-refractivity contribution in [2.24, 2.45) is 10.1 Å². The van der Waals surface area contributed by atoms with Crippen LogP contribution in [0.25, 0.3) is 10.2 Å². The number of carbonyl (C=O) groups excluding carboxylic acids is 1. The molecular weight excluding hydrogens is 474 g/mol. The van der Waals surface area contributed by atoms with Gasteiger partial charge in [-0.2, -0.15) is 4.99 Å². The number of nitrogens with zero attached hydrogens (tertiary/aromatic N) is 2. The molecule has 0 fully saturated rings. The molecule has 2 aromatic carbocycles. The molecule has 6 nitrogen and oxygen atoms in total. The van der Waals surface area contributed by atoms with Gasteiger partial charge < -0.3 is 4.57 Å². The number of hydrogen-bond acceptors (Lipinski definition) is 4. The van der Waals surface area contributed by atoms with E-state index in [4.69, 9.17) is 23.2 Å². The number of amides is 1. The predicted octanol–water partition coefficient (Wildman–Crippen LogP) is 3.14. The molecule has 1 aromatic heterocycles. The summed E-state index contributed by atoms with van der Waals surface area (Å²) in [4.78, 5) is 17.0. The maximum absolute atomic E-state index is 12.6. The number of primary sulfonamides is 1. The monoisotopic (exact) mass is 483 g/mol. The molecular formula is C17H11BrClN3O3S2. The molecule has 0 saturated carbocycles. The Kier molecular flexibility index (Phi) is 5.55. The summed E-state index contributed by atoms with van der Waals surface area (Å²) in [6.07, 6.45) is 5.43. The van der Waals surface area contributed by atoms with Crippen molar-refractivity contribution in [3.8, 4) is 12.3 Å². The molecule has 3 rings (SSSR count). The summed E-state index contributed by atoms with van der Waals surface area (Å²) in [5, 5.41) is 5.45. The number of benzene rings is 2. The number of carbonyl (C=O) groups is 1. The zero-order valence-corrected chi connectivity index (χ0v) is 17.5. The first-order chi connectivity index (χ1) is 12.7. The summed E-state index contributed by atoms with van der Waals surface area (Å²) in [5.74, 6) is 1.97. The van der Waals surface area contributed by atoms with Gasteiger partial charge in [0.15, 0.2) is 4.80 Å². The van der Waals surface area contributed by atoms with Crippen molar-refractivity contribution in [2.45, 2.75) is 11.4 Å². The van der Waals surface area contributed by atoms with Crippen LogP contribution in [0.5, 0.6) is 0 Å². The van der Waals surface area contributed by atoms with Crippen LogP contribution in [0.3, 0.4) is 0 Å². The zero-order chi connectivity index (χ0) is 19.8. The number of aromatic nitrogens is 1. The number of hydrogen-bond donors (Lipinski definition) is 1. The van der Waals surface area contributed by atoms with Gasteiger partial charge in [-0.1, -0.05) is 44.8 Å². The standard InChI is InChI=1S/C17H11BrClN3O3S2/c1-2-7-22-14-6-4-11(27(20,24)25)9-15(14)26-17(22)21-16(23)12-8-10(18)3-5-13(12)19/h1,3-6,8-9H,7H2,(H2,20,24,25). The maximum atomic E-state index is 12.6. The molecule has 0 aliphatic heterocycles. The summed E-state index contributed by atoms with van der Waals surface area (Å²) in [5.41, 5.74) is 0.887. The van der Waals surface area contributed by atoms with Crippen LogP contribution in [0.15, 0.2) is 50.8 Å². The zero-order valence-electron chi connectivity index (χ0n) is 13.5. The van der Waals surface area contributed by atoms with E-state index in [0.29, 0.717) is 19.5 Å². The highest BCUT2D eigenvalue weighted by Gasteiger charge is 2.14. The van der Waals surface area contributed by atoms with Gasteiger partial charge in [0.1, 0.15) is 0 Å². The van der Waals surface area contributed by atoms with E-state index in [1.165, 1.54) is 12.1 Å². The molecule has 0 radical (unpaired) electrons. The Hall–Kier alpha value is -1.96. The first-order valence-corrected chi connectivity index (χ1v) is 10.9. The fourth-order valence-corrected chi connectivity index (χ4v) is 4.61. The lowest BCUT2D eigenvalue weighted by Gasteiger charge is -2.02. The Balaban J connectivity index is 2.22. The molecule has 0 aliphatic carbocycles. The van der Waals surface area contributed by atoms with Crippen molar-refractivity contribution < 1.29 is 13.2 Å². The number of sulfonamides is 1. The van der Waals surface area contributed by atoms with Crippen molar-refractivity contribution in [3.63, 3.8) is 0 Å². The van der Waals surface area contributed by atoms with Crippen molar-refractivity contribution in [1.82, 2.24) is 4.57 Å². The number of thiazole rings is 1. The Labute approximate surface area is 172 Å². The van der Waals surface area contributed by atoms with Crippen LogP contribution >= 0.6 is 38.9 Å². The van der Waals surface area contributed by atoms with Gasteiger partial charge in [-0.25, -0.2) is 13.6 Å². The topological polar surface area (TPSA) is 94.5 Å². The highest BCUT2D eigenvalue weighted by Crippen LogP contribution is 2.23. The van der Waals surface area contributed by atoms with Gasteiger partial charge in [-0.15, -0.1) is 6.42 Å². The third-order valence-electron chi connectivity index (χ3n) is 3.59. The molecule has 0 unspecified atom stereocenters. The quantitative estimate of drug-likeness (QED) is 0.579. The van der Waals surface area contributed by atoms with E-state index in [9.17, 15) is 13.2 Å². The fraction of sp³-hybridized carbons (Fsp3) is 0.0588. The molecule has 10 heteroatoms. The largest absolute Gasteiger partial charge is 0.305 e. The molecule has 27 heavy (non-hydrogen) atoms. The Morgan fingerprint density at radius 1 is 1.33 bits per heavy atom. The summed E-state index contributed by atoms with van der Waals surface area (Å²) >= 11 is 10.5. The average Bonchev–Trinajstić information content (AvgIpc) is 2.93. The molecule has 0 saturated heterocycles. The lowest BCUT2D eigenvalue weighted by atomic mass is 10.2. The second kappa shape index (κ2) is 7.58. The van der Waals surface area contributed by atoms with E-state index in [-0.39, 0.29) is 22.0 Å². The Morgan fingerprint density at radius 3 is 2.74 bits per heavy atom. The SMILES string of the molecule is C#CCn1c(=NC(=O)c2cc(Br)ccc2Cl)sc2cc(S(N)(=O)=O)ccc21. The summed E-state index contributed by atoms with van der Waals surface area (Å²) in [6.45, 7) is 0.160. The third kappa shape index (κ3) is 4.15. The normalized spacial score (nSPS) is 12.3. The van der Waals surface area contributed by atoms with Gasteiger partial charge in [0.05, 0.1) is 32.2 Å². The van der Waals surface area contributed by atoms with E-state index in [0.717, 1.165) is 11.3 Å². The van der Waals surface area contributed by atoms with Gasteiger partial charge in [-0.3, -0.25) is 4.79 Å². The molecule has 1 heterocycles. The van der Waals surface area contributed by atoms with Gasteiger partial charge in [0.2, 0.25) is 10.0 Å². The van der Waals surface area contributed by atoms with Gasteiger partial charge in [0.25, 0.3) is 5.91 Å². The van der Waals surface area contributed by atoms with Crippen LogP contribution in [0.1, 0.15) is 10.4 Å². The fourth-order valence-electron chi connectivity index (χ4n) is 2.37. The number of nitrogens with two attached hydrogens (primary N) is 1. The van der Waals surface area contributed by atoms with E-state index < -0.39 is 15.9 Å². The van der Waals surface area contributed by atoms with Crippen LogP contribution in [-0.2, 0) is 16.6 Å². The van der Waals surface area contributed by atoms with E-state index in [1.54, 1.807) is 28.8 Å². The second-order valence-corrected chi connectivity index (χ2v) is 9.28. The van der Waals surface area contributed by atoms with E-state index in [2.05, 4.69) is 26.8 Å². The number of halogens is 2. The first kappa shape index (κ1) is 19.8. The first-order valence-electron chi connectivity index (χ1n) is 7.34. The summed E-state index contributed by atoms with van der Waals surface area (Å²) in [6, 6.07) is 9.27. The molecule has 0 aliphatic rings. The minimum absolute atomic E-state index is 0.0305. The molecule has 0 bridgehead atoms. The predicted molar refractivity (Wildman–Crippen MR) is 109 cm³/mol. The minimum atomic E-state index is -3.85. The molecule has 0 atom stereocenters. The third-order valence-corrected chi connectivity index (χ3v) is 6.36. The average molecular weight is 485 g/mol. The molecule has 2 N–H and O–H groups in total. The molecule has 1 amide bonds. The smallest absolute Gasteiger partial charge is 0.281 e. The Morgan fingerprint density at radius 2 is 2.07 bits per heavy atom. The highest BCUT2D eigenvalue weighted by atomic mass is 79.9. The number of fused-ring (bicyclic) bond motifs is 1. The Bertz CT molecular complexity index is 1290. The van der Waals surface area contributed by atoms with E-state index in [1.807, 2.05) is 0 Å². The molecule has 138 valence electrons. The lowest BCUT2D eigenvalue weighted by Crippen LogP contribution is -2.16. The van der Waals surface area contributed by atoms with Crippen molar-refractivity contribution in [1.29, 1.82) is 0 Å². The van der Waals surface area contributed by atoms with Crippen LogP contribution < -0.4 is 9.94 Å². The van der Waals surface area contributed by atoms with Crippen molar-refractivity contribution in [2.75, 3.05) is 0 Å². The van der Waals surface area contributed by atoms with Crippen molar-refractivity contribution in [3.05, 3.63) is 56.3 Å². The van der Waals surface area contributed by atoms with Crippen molar-refractivity contribution >= 4 is 65.0 Å². The molecule has 0 spiro atoms. The highest BCUT2D eigenvalue weighted by molar-refractivity contribution is 9.10. The second-order valence-electron chi connectivity index (χ2n) is 5.39.